The molecule has 0 unspecified atom stereocenters. The molecule has 0 aromatic carbocycles. The van der Waals surface area contributed by atoms with E-state index in [1.165, 1.54) is 7.11 Å². The highest BCUT2D eigenvalue weighted by Crippen LogP contribution is 2.13. The average Bonchev–Trinajstić information content (AvgIpc) is 2.47. The van der Waals surface area contributed by atoms with E-state index in [0.29, 0.717) is 12.3 Å². The third-order valence-electron chi connectivity index (χ3n) is 2.34. The maximum Gasteiger partial charge on any atom is 0.305 e. The molecule has 0 aromatic rings. The van der Waals surface area contributed by atoms with Gasteiger partial charge in [-0.05, 0) is 18.9 Å². The van der Waals surface area contributed by atoms with E-state index < -0.39 is 0 Å². The molecule has 0 saturated carbocycles. The molecule has 0 aliphatic carbocycles. The summed E-state index contributed by atoms with van der Waals surface area (Å²) in [6.07, 6.45) is 1.32. The molecule has 3 N–H and O–H groups in total. The number of rotatable bonds is 3. The summed E-state index contributed by atoms with van der Waals surface area (Å²) in [6, 6.07) is 0.203. The van der Waals surface area contributed by atoms with E-state index in [2.05, 4.69) is 10.1 Å². The quantitative estimate of drug-likeness (QED) is 0.563. The van der Waals surface area contributed by atoms with E-state index in [1.54, 1.807) is 0 Å². The van der Waals surface area contributed by atoms with Crippen molar-refractivity contribution in [3.8, 4) is 0 Å². The number of ether oxygens (including phenoxy) is 1. The molecule has 1 heterocycles. The second-order valence-electron chi connectivity index (χ2n) is 3.20. The van der Waals surface area contributed by atoms with Crippen LogP contribution in [-0.2, 0) is 9.53 Å². The number of nitrogens with two attached hydrogens (primary N) is 1. The summed E-state index contributed by atoms with van der Waals surface area (Å²) < 4.78 is 4.55. The first kappa shape index (κ1) is 9.48. The monoisotopic (exact) mass is 172 g/mol. The average molecular weight is 172 g/mol. The standard InChI is InChI=1S/C8H16N2O2/c1-12-8(11)3-2-6-4-10-5-7(6)9/h6-7,10H,2-5,9H2,1H3/t6-,7+/m0/s1. The molecule has 1 fully saturated rings. The van der Waals surface area contributed by atoms with Crippen molar-refractivity contribution in [1.82, 2.24) is 5.32 Å². The van der Waals surface area contributed by atoms with Crippen LogP contribution in [0.5, 0.6) is 0 Å². The Hall–Kier alpha value is -0.610. The van der Waals surface area contributed by atoms with Crippen molar-refractivity contribution in [3.63, 3.8) is 0 Å². The van der Waals surface area contributed by atoms with Crippen molar-refractivity contribution >= 4 is 5.97 Å². The van der Waals surface area contributed by atoms with Crippen LogP contribution in [-0.4, -0.2) is 32.2 Å². The summed E-state index contributed by atoms with van der Waals surface area (Å²) in [5, 5.41) is 3.19. The zero-order chi connectivity index (χ0) is 8.97. The fraction of sp³-hybridized carbons (Fsp3) is 0.875. The maximum absolute atomic E-state index is 10.8. The first-order valence-electron chi connectivity index (χ1n) is 4.27. The van der Waals surface area contributed by atoms with Crippen LogP contribution in [0.2, 0.25) is 0 Å². The predicted molar refractivity (Wildman–Crippen MR) is 45.6 cm³/mol. The third-order valence-corrected chi connectivity index (χ3v) is 2.34. The molecule has 1 rings (SSSR count). The Balaban J connectivity index is 2.18. The van der Waals surface area contributed by atoms with E-state index in [4.69, 9.17) is 5.73 Å². The summed E-state index contributed by atoms with van der Waals surface area (Å²) in [7, 11) is 1.41. The van der Waals surface area contributed by atoms with Crippen LogP contribution in [0.25, 0.3) is 0 Å². The van der Waals surface area contributed by atoms with Gasteiger partial charge in [-0.15, -0.1) is 0 Å². The predicted octanol–water partition coefficient (Wildman–Crippen LogP) is -0.514. The van der Waals surface area contributed by atoms with Crippen molar-refractivity contribution in [2.24, 2.45) is 11.7 Å². The van der Waals surface area contributed by atoms with Gasteiger partial charge in [-0.25, -0.2) is 0 Å². The Kier molecular flexibility index (Phi) is 3.49. The van der Waals surface area contributed by atoms with E-state index in [9.17, 15) is 4.79 Å². The van der Waals surface area contributed by atoms with Gasteiger partial charge >= 0.3 is 5.97 Å². The molecule has 0 aromatic heterocycles. The van der Waals surface area contributed by atoms with E-state index >= 15 is 0 Å². The molecule has 1 saturated heterocycles. The van der Waals surface area contributed by atoms with E-state index in [-0.39, 0.29) is 12.0 Å². The normalized spacial score (nSPS) is 28.8. The van der Waals surface area contributed by atoms with Gasteiger partial charge < -0.3 is 15.8 Å². The summed E-state index contributed by atoms with van der Waals surface area (Å²) in [4.78, 5) is 10.8. The van der Waals surface area contributed by atoms with Crippen LogP contribution in [0.4, 0.5) is 0 Å². The van der Waals surface area contributed by atoms with Gasteiger partial charge in [-0.1, -0.05) is 0 Å². The highest BCUT2D eigenvalue weighted by molar-refractivity contribution is 5.69. The van der Waals surface area contributed by atoms with Crippen molar-refractivity contribution < 1.29 is 9.53 Å². The highest BCUT2D eigenvalue weighted by Gasteiger charge is 2.23. The lowest BCUT2D eigenvalue weighted by atomic mass is 9.99. The smallest absolute Gasteiger partial charge is 0.305 e. The first-order chi connectivity index (χ1) is 5.74. The van der Waals surface area contributed by atoms with Crippen LogP contribution >= 0.6 is 0 Å². The molecule has 1 aliphatic rings. The lowest BCUT2D eigenvalue weighted by Gasteiger charge is -2.12. The van der Waals surface area contributed by atoms with Crippen LogP contribution in [0.1, 0.15) is 12.8 Å². The lowest BCUT2D eigenvalue weighted by Crippen LogP contribution is -2.29. The van der Waals surface area contributed by atoms with Crippen LogP contribution in [0.15, 0.2) is 0 Å². The van der Waals surface area contributed by atoms with Crippen LogP contribution in [0.3, 0.4) is 0 Å². The van der Waals surface area contributed by atoms with Crippen LogP contribution in [0, 0.1) is 5.92 Å². The van der Waals surface area contributed by atoms with Gasteiger partial charge in [0.05, 0.1) is 7.11 Å². The molecular formula is C8H16N2O2. The third kappa shape index (κ3) is 2.46. The van der Waals surface area contributed by atoms with Gasteiger partial charge in [0.25, 0.3) is 0 Å². The van der Waals surface area contributed by atoms with E-state index in [1.807, 2.05) is 0 Å². The lowest BCUT2D eigenvalue weighted by molar-refractivity contribution is -0.140. The zero-order valence-corrected chi connectivity index (χ0v) is 7.38. The minimum Gasteiger partial charge on any atom is -0.469 e. The molecule has 0 radical (unpaired) electrons. The molecule has 2 atom stereocenters. The van der Waals surface area contributed by atoms with Gasteiger partial charge in [-0.3, -0.25) is 4.79 Å². The molecule has 4 heteroatoms. The summed E-state index contributed by atoms with van der Waals surface area (Å²) in [6.45, 7) is 1.80. The minimum atomic E-state index is -0.144. The molecule has 0 amide bonds. The zero-order valence-electron chi connectivity index (χ0n) is 7.38. The number of hydrogen-bond acceptors (Lipinski definition) is 4. The minimum absolute atomic E-state index is 0.144. The second kappa shape index (κ2) is 4.42. The Morgan fingerprint density at radius 1 is 1.67 bits per heavy atom. The molecular weight excluding hydrogens is 156 g/mol. The number of carbonyl (C=O) groups excluding carboxylic acids is 1. The Labute approximate surface area is 72.5 Å². The number of hydrogen-bond donors (Lipinski definition) is 2. The topological polar surface area (TPSA) is 64.3 Å². The van der Waals surface area contributed by atoms with Crippen molar-refractivity contribution in [2.45, 2.75) is 18.9 Å². The molecule has 12 heavy (non-hydrogen) atoms. The Morgan fingerprint density at radius 2 is 2.42 bits per heavy atom. The summed E-state index contributed by atoms with van der Waals surface area (Å²) in [5.74, 6) is 0.290. The number of nitrogens with one attached hydrogen (secondary N) is 1. The summed E-state index contributed by atoms with van der Waals surface area (Å²) >= 11 is 0. The fourth-order valence-corrected chi connectivity index (χ4v) is 1.47. The Morgan fingerprint density at radius 3 is 2.92 bits per heavy atom. The van der Waals surface area contributed by atoms with Crippen molar-refractivity contribution in [3.05, 3.63) is 0 Å². The SMILES string of the molecule is COC(=O)CC[C@H]1CNC[C@H]1N. The van der Waals surface area contributed by atoms with Gasteiger partial charge in [0.1, 0.15) is 0 Å². The largest absolute Gasteiger partial charge is 0.469 e. The fourth-order valence-electron chi connectivity index (χ4n) is 1.47. The molecule has 70 valence electrons. The highest BCUT2D eigenvalue weighted by atomic mass is 16.5. The maximum atomic E-state index is 10.8. The van der Waals surface area contributed by atoms with Crippen LogP contribution < -0.4 is 11.1 Å². The first-order valence-corrected chi connectivity index (χ1v) is 4.27. The van der Waals surface area contributed by atoms with Crippen molar-refractivity contribution in [2.75, 3.05) is 20.2 Å². The molecule has 0 spiro atoms. The molecule has 1 aliphatic heterocycles. The molecule has 4 nitrogen and oxygen atoms in total. The second-order valence-corrected chi connectivity index (χ2v) is 3.20. The number of carbonyl (C=O) groups is 1. The van der Waals surface area contributed by atoms with Gasteiger partial charge in [0.2, 0.25) is 0 Å². The molecule has 0 bridgehead atoms. The van der Waals surface area contributed by atoms with Gasteiger partial charge in [0.15, 0.2) is 0 Å². The summed E-state index contributed by atoms with van der Waals surface area (Å²) in [5.41, 5.74) is 5.79. The number of esters is 1. The Bertz CT molecular complexity index is 161. The van der Waals surface area contributed by atoms with E-state index in [0.717, 1.165) is 19.5 Å². The van der Waals surface area contributed by atoms with Crippen molar-refractivity contribution in [1.29, 1.82) is 0 Å². The van der Waals surface area contributed by atoms with Gasteiger partial charge in [-0.2, -0.15) is 0 Å². The number of methoxy groups -OCH3 is 1. The van der Waals surface area contributed by atoms with Gasteiger partial charge in [0, 0.05) is 19.0 Å².